The van der Waals surface area contributed by atoms with Gasteiger partial charge in [0.2, 0.25) is 0 Å². The van der Waals surface area contributed by atoms with Crippen molar-refractivity contribution >= 4 is 28.9 Å². The van der Waals surface area contributed by atoms with Gasteiger partial charge in [0.05, 0.1) is 22.5 Å². The highest BCUT2D eigenvalue weighted by Crippen LogP contribution is 2.28. The topological polar surface area (TPSA) is 49.8 Å². The molecule has 0 saturated heterocycles. The average molecular weight is 201 g/mol. The van der Waals surface area contributed by atoms with Crippen LogP contribution in [0.1, 0.15) is 5.56 Å². The number of benzene rings is 1. The summed E-state index contributed by atoms with van der Waals surface area (Å²) in [5.74, 6) is 0. The smallest absolute Gasteiger partial charge is 0.0670 e. The number of halogens is 2. The van der Waals surface area contributed by atoms with E-state index in [2.05, 4.69) is 0 Å². The summed E-state index contributed by atoms with van der Waals surface area (Å²) in [7, 11) is 0. The summed E-state index contributed by atoms with van der Waals surface area (Å²) in [5.41, 5.74) is 6.70. The fourth-order valence-corrected chi connectivity index (χ4v) is 1.31. The molecular weight excluding hydrogens is 195 g/mol. The zero-order valence-corrected chi connectivity index (χ0v) is 7.65. The largest absolute Gasteiger partial charge is 0.399 e. The Morgan fingerprint density at radius 2 is 2.08 bits per heavy atom. The third-order valence-electron chi connectivity index (χ3n) is 1.40. The van der Waals surface area contributed by atoms with E-state index in [1.807, 2.05) is 6.07 Å². The summed E-state index contributed by atoms with van der Waals surface area (Å²) in [6.45, 7) is 0. The molecule has 2 N–H and O–H groups in total. The van der Waals surface area contributed by atoms with Crippen LogP contribution < -0.4 is 5.73 Å². The van der Waals surface area contributed by atoms with Gasteiger partial charge in [-0.2, -0.15) is 5.26 Å². The summed E-state index contributed by atoms with van der Waals surface area (Å²) in [6, 6.07) is 5.19. The van der Waals surface area contributed by atoms with Gasteiger partial charge in [0.1, 0.15) is 0 Å². The number of rotatable bonds is 1. The summed E-state index contributed by atoms with van der Waals surface area (Å²) in [4.78, 5) is 0. The van der Waals surface area contributed by atoms with Crippen LogP contribution in [0.5, 0.6) is 0 Å². The molecule has 0 amide bonds. The van der Waals surface area contributed by atoms with Crippen LogP contribution in [0.3, 0.4) is 0 Å². The van der Waals surface area contributed by atoms with Gasteiger partial charge in [-0.05, 0) is 17.7 Å². The Morgan fingerprint density at radius 3 is 2.67 bits per heavy atom. The molecule has 0 aliphatic carbocycles. The summed E-state index contributed by atoms with van der Waals surface area (Å²) in [6.07, 6.45) is 0.226. The Balaban J connectivity index is 3.20. The number of nitrogens with zero attached hydrogens (tertiary/aromatic N) is 1. The van der Waals surface area contributed by atoms with Crippen molar-refractivity contribution in [3.63, 3.8) is 0 Å². The average Bonchev–Trinajstić information content (AvgIpc) is 2.00. The molecule has 0 atom stereocenters. The summed E-state index contributed by atoms with van der Waals surface area (Å²) < 4.78 is 0. The van der Waals surface area contributed by atoms with Gasteiger partial charge in [0, 0.05) is 5.69 Å². The summed E-state index contributed by atoms with van der Waals surface area (Å²) in [5, 5.41) is 9.23. The van der Waals surface area contributed by atoms with Gasteiger partial charge in [0.15, 0.2) is 0 Å². The molecule has 4 heteroatoms. The molecule has 12 heavy (non-hydrogen) atoms. The molecule has 0 unspecified atom stereocenters. The lowest BCUT2D eigenvalue weighted by atomic mass is 10.1. The molecule has 0 fully saturated rings. The lowest BCUT2D eigenvalue weighted by molar-refractivity contribution is 1.26. The van der Waals surface area contributed by atoms with Gasteiger partial charge >= 0.3 is 0 Å². The quantitative estimate of drug-likeness (QED) is 0.710. The first-order chi connectivity index (χ1) is 5.65. The van der Waals surface area contributed by atoms with Crippen LogP contribution in [-0.4, -0.2) is 0 Å². The van der Waals surface area contributed by atoms with Crippen molar-refractivity contribution in [2.75, 3.05) is 5.73 Å². The monoisotopic (exact) mass is 200 g/mol. The Labute approximate surface area is 80.5 Å². The number of anilines is 1. The van der Waals surface area contributed by atoms with E-state index < -0.39 is 0 Å². The molecule has 0 aliphatic heterocycles. The first-order valence-corrected chi connectivity index (χ1v) is 4.01. The summed E-state index contributed by atoms with van der Waals surface area (Å²) >= 11 is 11.5. The molecule has 62 valence electrons. The minimum absolute atomic E-state index is 0.226. The van der Waals surface area contributed by atoms with E-state index in [-0.39, 0.29) is 6.42 Å². The van der Waals surface area contributed by atoms with E-state index in [9.17, 15) is 0 Å². The molecule has 0 heterocycles. The molecule has 2 nitrogen and oxygen atoms in total. The van der Waals surface area contributed by atoms with Crippen molar-refractivity contribution in [2.45, 2.75) is 6.42 Å². The number of nitrogen functional groups attached to an aromatic ring is 1. The van der Waals surface area contributed by atoms with E-state index in [1.54, 1.807) is 12.1 Å². The SMILES string of the molecule is N#CCc1cc(N)cc(Cl)c1Cl. The van der Waals surface area contributed by atoms with Gasteiger partial charge in [0.25, 0.3) is 0 Å². The minimum atomic E-state index is 0.226. The van der Waals surface area contributed by atoms with E-state index in [0.29, 0.717) is 21.3 Å². The van der Waals surface area contributed by atoms with Crippen LogP contribution >= 0.6 is 23.2 Å². The van der Waals surface area contributed by atoms with Gasteiger partial charge in [-0.3, -0.25) is 0 Å². The maximum Gasteiger partial charge on any atom is 0.0670 e. The van der Waals surface area contributed by atoms with Gasteiger partial charge in [-0.1, -0.05) is 23.2 Å². The fourth-order valence-electron chi connectivity index (χ4n) is 0.883. The van der Waals surface area contributed by atoms with Crippen molar-refractivity contribution in [1.82, 2.24) is 0 Å². The lowest BCUT2D eigenvalue weighted by Crippen LogP contribution is -1.90. The Bertz CT molecular complexity index is 342. The zero-order valence-electron chi connectivity index (χ0n) is 6.14. The van der Waals surface area contributed by atoms with Crippen LogP contribution in [0.25, 0.3) is 0 Å². The number of hydrogen-bond acceptors (Lipinski definition) is 2. The molecule has 0 aliphatic rings. The Kier molecular flexibility index (Phi) is 2.80. The zero-order chi connectivity index (χ0) is 9.14. The van der Waals surface area contributed by atoms with Crippen molar-refractivity contribution in [2.24, 2.45) is 0 Å². The van der Waals surface area contributed by atoms with E-state index in [1.165, 1.54) is 0 Å². The molecule has 0 bridgehead atoms. The molecule has 0 spiro atoms. The lowest BCUT2D eigenvalue weighted by Gasteiger charge is -2.02. The molecule has 0 aromatic heterocycles. The molecule has 1 rings (SSSR count). The molecule has 0 radical (unpaired) electrons. The predicted molar refractivity (Wildman–Crippen MR) is 50.2 cm³/mol. The Hall–Kier alpha value is -0.910. The highest BCUT2D eigenvalue weighted by molar-refractivity contribution is 6.42. The minimum Gasteiger partial charge on any atom is -0.399 e. The molecular formula is C8H6Cl2N2. The standard InChI is InChI=1S/C8H6Cl2N2/c9-7-4-6(12)3-5(1-2-11)8(7)10/h3-4H,1,12H2. The number of hydrogen-bond donors (Lipinski definition) is 1. The second-order valence-corrected chi connectivity index (χ2v) is 3.10. The van der Waals surface area contributed by atoms with Crippen molar-refractivity contribution < 1.29 is 0 Å². The number of nitriles is 1. The predicted octanol–water partition coefficient (Wildman–Crippen LogP) is 2.64. The van der Waals surface area contributed by atoms with Crippen LogP contribution in [0, 0.1) is 11.3 Å². The molecule has 1 aromatic carbocycles. The van der Waals surface area contributed by atoms with Gasteiger partial charge < -0.3 is 5.73 Å². The first kappa shape index (κ1) is 9.18. The highest BCUT2D eigenvalue weighted by atomic mass is 35.5. The van der Waals surface area contributed by atoms with Crippen molar-refractivity contribution in [3.8, 4) is 6.07 Å². The highest BCUT2D eigenvalue weighted by Gasteiger charge is 2.05. The maximum absolute atomic E-state index is 8.43. The van der Waals surface area contributed by atoms with Crippen LogP contribution in [0.2, 0.25) is 10.0 Å². The van der Waals surface area contributed by atoms with Crippen LogP contribution in [0.4, 0.5) is 5.69 Å². The third-order valence-corrected chi connectivity index (χ3v) is 2.24. The fraction of sp³-hybridized carbons (Fsp3) is 0.125. The van der Waals surface area contributed by atoms with Crippen molar-refractivity contribution in [3.05, 3.63) is 27.7 Å². The van der Waals surface area contributed by atoms with Gasteiger partial charge in [-0.15, -0.1) is 0 Å². The maximum atomic E-state index is 8.43. The third kappa shape index (κ3) is 1.82. The van der Waals surface area contributed by atoms with E-state index >= 15 is 0 Å². The first-order valence-electron chi connectivity index (χ1n) is 3.25. The van der Waals surface area contributed by atoms with Gasteiger partial charge in [-0.25, -0.2) is 0 Å². The van der Waals surface area contributed by atoms with E-state index in [0.717, 1.165) is 0 Å². The van der Waals surface area contributed by atoms with Crippen LogP contribution in [0.15, 0.2) is 12.1 Å². The van der Waals surface area contributed by atoms with Crippen molar-refractivity contribution in [1.29, 1.82) is 5.26 Å². The van der Waals surface area contributed by atoms with Crippen LogP contribution in [-0.2, 0) is 6.42 Å². The normalized spacial score (nSPS) is 9.42. The number of nitrogens with two attached hydrogens (primary N) is 1. The van der Waals surface area contributed by atoms with E-state index in [4.69, 9.17) is 34.2 Å². The molecule has 1 aromatic rings. The second kappa shape index (κ2) is 3.66. The second-order valence-electron chi connectivity index (χ2n) is 2.31. The Morgan fingerprint density at radius 1 is 1.42 bits per heavy atom. The molecule has 0 saturated carbocycles.